The molecule has 0 saturated carbocycles. The smallest absolute Gasteiger partial charge is 0.151 e. The minimum Gasteiger partial charge on any atom is -0.151 e. The Balaban J connectivity index is 3.06. The van der Waals surface area contributed by atoms with E-state index in [9.17, 15) is 19.4 Å². The molecule has 0 bridgehead atoms. The Morgan fingerprint density at radius 1 is 1.15 bits per heavy atom. The monoisotopic (exact) mass is 234 g/mol. The highest BCUT2D eigenvalue weighted by Crippen LogP contribution is 2.97. The number of thiophene rings is 1. The van der Waals surface area contributed by atoms with E-state index in [1.807, 2.05) is 0 Å². The van der Waals surface area contributed by atoms with E-state index >= 15 is 0 Å². The molecular formula is C6H3F5S2. The first kappa shape index (κ1) is 10.3. The maximum Gasteiger partial charge on any atom is 0.345 e. The van der Waals surface area contributed by atoms with Gasteiger partial charge in [-0.15, -0.1) is 0 Å². The van der Waals surface area contributed by atoms with Crippen LogP contribution in [0.1, 0.15) is 5.56 Å². The Morgan fingerprint density at radius 3 is 2.15 bits per heavy atom. The van der Waals surface area contributed by atoms with Crippen LogP contribution < -0.4 is 0 Å². The third kappa shape index (κ3) is 4.75. The molecule has 0 amide bonds. The molecule has 0 atom stereocenters. The van der Waals surface area contributed by atoms with Crippen molar-refractivity contribution in [3.8, 4) is 11.2 Å². The molecule has 1 aromatic rings. The molecule has 0 aliphatic heterocycles. The molecule has 0 nitrogen and oxygen atoms in total. The van der Waals surface area contributed by atoms with Crippen molar-refractivity contribution in [1.29, 1.82) is 0 Å². The molecule has 0 fully saturated rings. The molecule has 74 valence electrons. The van der Waals surface area contributed by atoms with Crippen LogP contribution in [-0.4, -0.2) is 0 Å². The van der Waals surface area contributed by atoms with E-state index in [0.717, 1.165) is 11.3 Å². The summed E-state index contributed by atoms with van der Waals surface area (Å²) >= 11 is 1.09. The molecule has 0 aromatic carbocycles. The first-order valence-electron chi connectivity index (χ1n) is 2.86. The van der Waals surface area contributed by atoms with Crippen LogP contribution in [0.15, 0.2) is 16.8 Å². The summed E-state index contributed by atoms with van der Waals surface area (Å²) in [6.07, 6.45) is 0. The van der Waals surface area contributed by atoms with Crippen LogP contribution in [0.2, 0.25) is 0 Å². The van der Waals surface area contributed by atoms with Gasteiger partial charge in [0.1, 0.15) is 0 Å². The van der Waals surface area contributed by atoms with Gasteiger partial charge < -0.3 is 0 Å². The largest absolute Gasteiger partial charge is 0.345 e. The highest BCUT2D eigenvalue weighted by Gasteiger charge is 2.62. The van der Waals surface area contributed by atoms with Crippen LogP contribution in [0.25, 0.3) is 0 Å². The lowest BCUT2D eigenvalue weighted by atomic mass is 10.4. The fourth-order valence-corrected chi connectivity index (χ4v) is 1.39. The molecule has 0 aliphatic carbocycles. The Labute approximate surface area is 75.1 Å². The molecule has 0 radical (unpaired) electrons. The Kier molecular flexibility index (Phi) is 1.74. The lowest BCUT2D eigenvalue weighted by Crippen LogP contribution is -1.99. The summed E-state index contributed by atoms with van der Waals surface area (Å²) in [5, 5.41) is 2.83. The Hall–Kier alpha value is -0.740. The van der Waals surface area contributed by atoms with Gasteiger partial charge >= 0.3 is 10.2 Å². The van der Waals surface area contributed by atoms with Crippen LogP contribution in [0.5, 0.6) is 0 Å². The molecule has 0 aliphatic rings. The molecule has 0 spiro atoms. The van der Waals surface area contributed by atoms with Crippen molar-refractivity contribution in [2.45, 2.75) is 0 Å². The molecule has 13 heavy (non-hydrogen) atoms. The second-order valence-electron chi connectivity index (χ2n) is 2.21. The second-order valence-corrected chi connectivity index (χ2v) is 5.13. The van der Waals surface area contributed by atoms with Crippen molar-refractivity contribution in [3.63, 3.8) is 0 Å². The lowest BCUT2D eigenvalue weighted by molar-refractivity contribution is 0.389. The first-order chi connectivity index (χ1) is 5.55. The van der Waals surface area contributed by atoms with Gasteiger partial charge in [0.05, 0.1) is 5.25 Å². The predicted octanol–water partition coefficient (Wildman–Crippen LogP) is 4.36. The minimum atomic E-state index is -9.56. The average molecular weight is 234 g/mol. The molecule has 0 saturated heterocycles. The van der Waals surface area contributed by atoms with Gasteiger partial charge in [-0.1, -0.05) is 19.4 Å². The van der Waals surface area contributed by atoms with Crippen molar-refractivity contribution in [2.75, 3.05) is 0 Å². The summed E-state index contributed by atoms with van der Waals surface area (Å²) in [6, 6.07) is 1.24. The van der Waals surface area contributed by atoms with Crippen LogP contribution in [-0.2, 0) is 0 Å². The maximum absolute atomic E-state index is 11.6. The minimum absolute atomic E-state index is 0.0572. The van der Waals surface area contributed by atoms with Gasteiger partial charge in [0.25, 0.3) is 0 Å². The maximum atomic E-state index is 11.6. The summed E-state index contributed by atoms with van der Waals surface area (Å²) < 4.78 is 58.2. The van der Waals surface area contributed by atoms with Gasteiger partial charge in [0, 0.05) is 10.9 Å². The van der Waals surface area contributed by atoms with E-state index in [1.165, 1.54) is 22.7 Å². The van der Waals surface area contributed by atoms with E-state index in [0.29, 0.717) is 0 Å². The topological polar surface area (TPSA) is 0 Å². The van der Waals surface area contributed by atoms with E-state index < -0.39 is 10.2 Å². The van der Waals surface area contributed by atoms with E-state index in [-0.39, 0.29) is 10.8 Å². The van der Waals surface area contributed by atoms with Gasteiger partial charge in [-0.05, 0) is 17.4 Å². The predicted molar refractivity (Wildman–Crippen MR) is 44.3 cm³/mol. The Morgan fingerprint density at radius 2 is 1.77 bits per heavy atom. The van der Waals surface area contributed by atoms with Crippen LogP contribution >= 0.6 is 21.6 Å². The van der Waals surface area contributed by atoms with E-state index in [4.69, 9.17) is 0 Å². The van der Waals surface area contributed by atoms with Crippen molar-refractivity contribution < 1.29 is 19.4 Å². The van der Waals surface area contributed by atoms with Gasteiger partial charge in [-0.3, -0.25) is 0 Å². The lowest BCUT2D eigenvalue weighted by Gasteiger charge is -2.33. The number of halogens is 5. The van der Waals surface area contributed by atoms with Crippen molar-refractivity contribution in [3.05, 3.63) is 22.4 Å². The summed E-state index contributed by atoms with van der Waals surface area (Å²) in [6.45, 7) is 0. The fraction of sp³-hybridized carbons (Fsp3) is 0. The molecule has 1 heterocycles. The normalized spacial score (nSPS) is 16.7. The molecule has 0 N–H and O–H groups in total. The number of hydrogen-bond acceptors (Lipinski definition) is 1. The molecule has 7 heteroatoms. The first-order valence-corrected chi connectivity index (χ1v) is 5.75. The summed E-state index contributed by atoms with van der Waals surface area (Å²) in [7, 11) is -9.56. The van der Waals surface area contributed by atoms with Crippen molar-refractivity contribution in [1.82, 2.24) is 0 Å². The standard InChI is InChI=1S/C6H3F5S2/c7-13(8,9,10,11)4-2-6-1-3-12-5-6/h1,3,5H. The summed E-state index contributed by atoms with van der Waals surface area (Å²) in [4.78, 5) is 0. The van der Waals surface area contributed by atoms with Gasteiger partial charge in [-0.25, -0.2) is 0 Å². The number of hydrogen-bond donors (Lipinski definition) is 0. The molecular weight excluding hydrogens is 231 g/mol. The number of rotatable bonds is 0. The molecule has 1 aromatic heterocycles. The van der Waals surface area contributed by atoms with Crippen LogP contribution in [0.3, 0.4) is 0 Å². The van der Waals surface area contributed by atoms with Gasteiger partial charge in [0.15, 0.2) is 0 Å². The zero-order valence-electron chi connectivity index (χ0n) is 5.94. The zero-order chi connectivity index (χ0) is 10.2. The average Bonchev–Trinajstić information content (AvgIpc) is 2.29. The summed E-state index contributed by atoms with van der Waals surface area (Å²) in [5.74, 6) is 1.38. The molecule has 0 unspecified atom stereocenters. The van der Waals surface area contributed by atoms with Crippen molar-refractivity contribution in [2.24, 2.45) is 0 Å². The third-order valence-corrected chi connectivity index (χ3v) is 2.08. The van der Waals surface area contributed by atoms with Gasteiger partial charge in [-0.2, -0.15) is 11.3 Å². The zero-order valence-corrected chi connectivity index (χ0v) is 7.57. The summed E-state index contributed by atoms with van der Waals surface area (Å²) in [5.41, 5.74) is -0.0572. The van der Waals surface area contributed by atoms with E-state index in [2.05, 4.69) is 0 Å². The fourth-order valence-electron chi connectivity index (χ4n) is 0.491. The van der Waals surface area contributed by atoms with E-state index in [1.54, 1.807) is 0 Å². The highest BCUT2D eigenvalue weighted by molar-refractivity contribution is 8.49. The molecule has 1 rings (SSSR count). The van der Waals surface area contributed by atoms with Crippen LogP contribution in [0, 0.1) is 11.2 Å². The highest BCUT2D eigenvalue weighted by atomic mass is 32.5. The van der Waals surface area contributed by atoms with Gasteiger partial charge in [0.2, 0.25) is 0 Å². The third-order valence-electron chi connectivity index (χ3n) is 0.909. The SMILES string of the molecule is FS(F)(F)(F)(F)C#Cc1ccsc1. The Bertz CT molecular complexity index is 362. The van der Waals surface area contributed by atoms with Crippen molar-refractivity contribution >= 4 is 21.6 Å². The quantitative estimate of drug-likeness (QED) is 0.462. The second kappa shape index (κ2) is 2.19. The van der Waals surface area contributed by atoms with Crippen LogP contribution in [0.4, 0.5) is 19.4 Å².